The van der Waals surface area contributed by atoms with Crippen LogP contribution in [0.1, 0.15) is 24.0 Å². The predicted molar refractivity (Wildman–Crippen MR) is 159 cm³/mol. The maximum absolute atomic E-state index is 12.1. The molecule has 1 saturated heterocycles. The molecule has 0 spiro atoms. The van der Waals surface area contributed by atoms with Gasteiger partial charge in [0.05, 0.1) is 34.1 Å². The molecular formula is C28H26IN9O2. The number of anilines is 2. The molecule has 1 aromatic carbocycles. The zero-order valence-electron chi connectivity index (χ0n) is 21.4. The Hall–Kier alpha value is -4.20. The molecule has 0 radical (unpaired) electrons. The van der Waals surface area contributed by atoms with Gasteiger partial charge in [0.2, 0.25) is 11.8 Å². The van der Waals surface area contributed by atoms with Crippen molar-refractivity contribution < 1.29 is 9.21 Å². The summed E-state index contributed by atoms with van der Waals surface area (Å²) < 4.78 is 7.90. The maximum atomic E-state index is 12.1. The first kappa shape index (κ1) is 26.0. The van der Waals surface area contributed by atoms with Gasteiger partial charge in [-0.15, -0.1) is 10.2 Å². The second kappa shape index (κ2) is 10.8. The normalized spacial score (nSPS) is 19.8. The highest BCUT2D eigenvalue weighted by atomic mass is 127. The van der Waals surface area contributed by atoms with E-state index in [1.807, 2.05) is 41.3 Å². The van der Waals surface area contributed by atoms with Crippen molar-refractivity contribution in [1.82, 2.24) is 30.0 Å². The molecule has 1 aliphatic heterocycles. The van der Waals surface area contributed by atoms with Gasteiger partial charge < -0.3 is 15.1 Å². The molecule has 3 aromatic heterocycles. The molecule has 11 nitrogen and oxygen atoms in total. The summed E-state index contributed by atoms with van der Waals surface area (Å²) in [6, 6.07) is 13.0. The third-order valence-electron chi connectivity index (χ3n) is 7.57. The molecule has 4 aromatic rings. The predicted octanol–water partition coefficient (Wildman–Crippen LogP) is 4.17. The number of nitrogen functional groups attached to an aromatic ring is 1. The quantitative estimate of drug-likeness (QED) is 0.130. The Kier molecular flexibility index (Phi) is 7.00. The van der Waals surface area contributed by atoms with E-state index in [1.165, 1.54) is 12.4 Å². The third kappa shape index (κ3) is 4.83. The van der Waals surface area contributed by atoms with Gasteiger partial charge in [0.25, 0.3) is 5.89 Å². The SMILES string of the molecule is C=CC(=O)N1CC2CC(N(I)c3ncnc(N)c3C(=N)c3ccc(-c4nnc(-c5ccccn5)o4)cc3)CC2C1. The second-order valence-electron chi connectivity index (χ2n) is 9.94. The van der Waals surface area contributed by atoms with Crippen molar-refractivity contribution in [3.63, 3.8) is 0 Å². The van der Waals surface area contributed by atoms with Crippen LogP contribution in [-0.4, -0.2) is 60.8 Å². The molecule has 202 valence electrons. The van der Waals surface area contributed by atoms with Crippen molar-refractivity contribution in [1.29, 1.82) is 5.41 Å². The van der Waals surface area contributed by atoms with Crippen molar-refractivity contribution in [2.45, 2.75) is 18.9 Å². The zero-order valence-corrected chi connectivity index (χ0v) is 23.6. The van der Waals surface area contributed by atoms with E-state index in [-0.39, 0.29) is 23.5 Å². The molecule has 1 aliphatic carbocycles. The Labute approximate surface area is 244 Å². The van der Waals surface area contributed by atoms with Crippen LogP contribution in [-0.2, 0) is 4.79 Å². The highest BCUT2D eigenvalue weighted by Gasteiger charge is 2.44. The number of hydrogen-bond acceptors (Lipinski definition) is 10. The summed E-state index contributed by atoms with van der Waals surface area (Å²) in [5, 5.41) is 17.3. The number of nitrogens with zero attached hydrogens (tertiary/aromatic N) is 7. The highest BCUT2D eigenvalue weighted by molar-refractivity contribution is 14.1. The van der Waals surface area contributed by atoms with Crippen LogP contribution in [0.5, 0.6) is 0 Å². The number of rotatable bonds is 7. The molecule has 40 heavy (non-hydrogen) atoms. The van der Waals surface area contributed by atoms with Crippen LogP contribution in [0.25, 0.3) is 23.0 Å². The number of carbonyl (C=O) groups is 1. The summed E-state index contributed by atoms with van der Waals surface area (Å²) in [4.78, 5) is 26.9. The van der Waals surface area contributed by atoms with Gasteiger partial charge >= 0.3 is 0 Å². The number of fused-ring (bicyclic) bond motifs is 1. The smallest absolute Gasteiger partial charge is 0.266 e. The summed E-state index contributed by atoms with van der Waals surface area (Å²) in [6.45, 7) is 5.12. The van der Waals surface area contributed by atoms with Crippen molar-refractivity contribution in [3.05, 3.63) is 78.8 Å². The molecule has 2 unspecified atom stereocenters. The average Bonchev–Trinajstić information content (AvgIpc) is 3.72. The number of likely N-dealkylation sites (tertiary alicyclic amines) is 1. The lowest BCUT2D eigenvalue weighted by atomic mass is 10.0. The number of hydrogen-bond donors (Lipinski definition) is 2. The fourth-order valence-corrected chi connectivity index (χ4v) is 6.40. The van der Waals surface area contributed by atoms with Crippen molar-refractivity contribution >= 4 is 46.1 Å². The number of pyridine rings is 1. The van der Waals surface area contributed by atoms with Gasteiger partial charge in [0.15, 0.2) is 5.82 Å². The number of benzene rings is 1. The van der Waals surface area contributed by atoms with E-state index in [2.05, 4.69) is 57.7 Å². The first-order valence-electron chi connectivity index (χ1n) is 12.8. The Bertz CT molecular complexity index is 1560. The monoisotopic (exact) mass is 647 g/mol. The Morgan fingerprint density at radius 3 is 2.48 bits per heavy atom. The average molecular weight is 647 g/mol. The topological polar surface area (TPSA) is 151 Å². The summed E-state index contributed by atoms with van der Waals surface area (Å²) >= 11 is 2.27. The number of carbonyl (C=O) groups excluding carboxylic acids is 1. The molecule has 1 amide bonds. The highest BCUT2D eigenvalue weighted by Crippen LogP contribution is 2.43. The molecule has 1 saturated carbocycles. The molecule has 0 bridgehead atoms. The molecule has 12 heteroatoms. The maximum Gasteiger partial charge on any atom is 0.266 e. The van der Waals surface area contributed by atoms with Crippen molar-refractivity contribution in [2.75, 3.05) is 21.9 Å². The molecular weight excluding hydrogens is 621 g/mol. The number of nitrogens with one attached hydrogen (secondary N) is 1. The van der Waals surface area contributed by atoms with Crippen molar-refractivity contribution in [2.24, 2.45) is 11.8 Å². The zero-order chi connectivity index (χ0) is 27.8. The second-order valence-corrected chi connectivity index (χ2v) is 11.0. The minimum atomic E-state index is -0.00431. The molecule has 3 N–H and O–H groups in total. The minimum Gasteiger partial charge on any atom is -0.415 e. The molecule has 2 fully saturated rings. The minimum absolute atomic E-state index is 0.00431. The fraction of sp³-hybridized carbons (Fsp3) is 0.250. The Morgan fingerprint density at radius 1 is 1.07 bits per heavy atom. The number of aromatic nitrogens is 5. The lowest BCUT2D eigenvalue weighted by molar-refractivity contribution is -0.125. The summed E-state index contributed by atoms with van der Waals surface area (Å²) in [7, 11) is 0. The van der Waals surface area contributed by atoms with Crippen LogP contribution in [0, 0.1) is 17.2 Å². The standard InChI is InChI=1S/C28H26IN9O2/c1-2-22(39)37-13-18-11-20(12-19(18)14-37)38(29)26-23(25(31)33-15-34-26)24(30)16-6-8-17(9-7-16)27-35-36-28(40-27)21-5-3-4-10-32-21/h2-10,15,18-20,30H,1,11-14H2,(H2,31,33,34). The van der Waals surface area contributed by atoms with E-state index >= 15 is 0 Å². The van der Waals surface area contributed by atoms with E-state index in [0.717, 1.165) is 31.5 Å². The van der Waals surface area contributed by atoms with E-state index < -0.39 is 0 Å². The van der Waals surface area contributed by atoms with Crippen LogP contribution in [0.4, 0.5) is 11.6 Å². The van der Waals surface area contributed by atoms with Gasteiger partial charge in [0, 0.05) is 36.5 Å². The third-order valence-corrected chi connectivity index (χ3v) is 8.82. The Balaban J connectivity index is 1.20. The van der Waals surface area contributed by atoms with E-state index in [1.54, 1.807) is 12.3 Å². The van der Waals surface area contributed by atoms with Gasteiger partial charge in [-0.3, -0.25) is 18.3 Å². The van der Waals surface area contributed by atoms with Gasteiger partial charge in [-0.05, 0) is 55.0 Å². The van der Waals surface area contributed by atoms with Crippen LogP contribution in [0.15, 0.2) is 72.1 Å². The largest absolute Gasteiger partial charge is 0.415 e. The van der Waals surface area contributed by atoms with Crippen LogP contribution < -0.4 is 8.85 Å². The molecule has 2 atom stereocenters. The number of halogens is 1. The lowest BCUT2D eigenvalue weighted by Gasteiger charge is -2.27. The van der Waals surface area contributed by atoms with Gasteiger partial charge in [-0.2, -0.15) is 0 Å². The van der Waals surface area contributed by atoms with Gasteiger partial charge in [-0.25, -0.2) is 9.97 Å². The van der Waals surface area contributed by atoms with E-state index in [0.29, 0.717) is 46.3 Å². The van der Waals surface area contributed by atoms with E-state index in [9.17, 15) is 4.79 Å². The Morgan fingerprint density at radius 2 is 1.80 bits per heavy atom. The summed E-state index contributed by atoms with van der Waals surface area (Å²) in [5.41, 5.74) is 9.01. The summed E-state index contributed by atoms with van der Waals surface area (Å²) in [6.07, 6.45) is 6.36. The first-order valence-corrected chi connectivity index (χ1v) is 13.8. The number of amides is 1. The van der Waals surface area contributed by atoms with Gasteiger partial charge in [-0.1, -0.05) is 24.8 Å². The molecule has 6 rings (SSSR count). The fourth-order valence-electron chi connectivity index (χ4n) is 5.58. The first-order chi connectivity index (χ1) is 19.4. The van der Waals surface area contributed by atoms with Crippen LogP contribution in [0.3, 0.4) is 0 Å². The van der Waals surface area contributed by atoms with Crippen molar-refractivity contribution in [3.8, 4) is 23.0 Å². The number of nitrogens with two attached hydrogens (primary N) is 1. The molecule has 4 heterocycles. The van der Waals surface area contributed by atoms with Crippen LogP contribution in [0.2, 0.25) is 0 Å². The molecule has 2 aliphatic rings. The van der Waals surface area contributed by atoms with Gasteiger partial charge in [0.1, 0.15) is 17.8 Å². The lowest BCUT2D eigenvalue weighted by Crippen LogP contribution is -2.32. The summed E-state index contributed by atoms with van der Waals surface area (Å²) in [5.74, 6) is 2.43. The van der Waals surface area contributed by atoms with E-state index in [4.69, 9.17) is 15.6 Å². The van der Waals surface area contributed by atoms with Crippen LogP contribution >= 0.6 is 22.9 Å².